The summed E-state index contributed by atoms with van der Waals surface area (Å²) in [5, 5.41) is 19.9. The van der Waals surface area contributed by atoms with Gasteiger partial charge in [-0.1, -0.05) is 11.8 Å². The minimum atomic E-state index is -0.470. The van der Waals surface area contributed by atoms with Crippen molar-refractivity contribution in [3.05, 3.63) is 52.6 Å². The molecule has 1 aliphatic heterocycles. The highest BCUT2D eigenvalue weighted by Gasteiger charge is 2.19. The zero-order valence-corrected chi connectivity index (χ0v) is 15.3. The molecule has 0 atom stereocenters. The molecule has 1 aliphatic rings. The van der Waals surface area contributed by atoms with E-state index in [1.54, 1.807) is 12.1 Å². The number of hydrogen-bond acceptors (Lipinski definition) is 6. The van der Waals surface area contributed by atoms with E-state index in [-0.39, 0.29) is 18.0 Å². The van der Waals surface area contributed by atoms with E-state index in [4.69, 9.17) is 10.8 Å². The van der Waals surface area contributed by atoms with Gasteiger partial charge in [0.1, 0.15) is 5.69 Å². The number of nitrogen functional groups attached to an aromatic ring is 1. The lowest BCUT2D eigenvalue weighted by Gasteiger charge is -2.33. The summed E-state index contributed by atoms with van der Waals surface area (Å²) in [6.07, 6.45) is 3.15. The molecule has 3 rings (SSSR count). The first-order valence-electron chi connectivity index (χ1n) is 8.74. The van der Waals surface area contributed by atoms with Crippen molar-refractivity contribution in [1.82, 2.24) is 0 Å². The lowest BCUT2D eigenvalue weighted by Crippen LogP contribution is -2.33. The second kappa shape index (κ2) is 8.42. The highest BCUT2D eigenvalue weighted by atomic mass is 32.2. The van der Waals surface area contributed by atoms with E-state index >= 15 is 0 Å². The van der Waals surface area contributed by atoms with E-state index in [0.29, 0.717) is 5.92 Å². The van der Waals surface area contributed by atoms with Gasteiger partial charge < -0.3 is 15.7 Å². The van der Waals surface area contributed by atoms with Crippen LogP contribution in [0.15, 0.2) is 52.3 Å². The van der Waals surface area contributed by atoms with Gasteiger partial charge in [0, 0.05) is 41.2 Å². The standard InChI is InChI=1S/C19H23N3O3S/c20-18-13-17(5-6-19(18)22(24)25)26-16-3-1-15(2-4-16)21-10-7-14(8-11-21)9-12-23/h1-6,13-14,23H,7-12,20H2. The van der Waals surface area contributed by atoms with Crippen molar-refractivity contribution < 1.29 is 10.0 Å². The van der Waals surface area contributed by atoms with Gasteiger partial charge in [0.2, 0.25) is 0 Å². The molecular formula is C19H23N3O3S. The summed E-state index contributed by atoms with van der Waals surface area (Å²) in [6.45, 7) is 2.33. The predicted octanol–water partition coefficient (Wildman–Crippen LogP) is 3.93. The van der Waals surface area contributed by atoms with Crippen LogP contribution >= 0.6 is 11.8 Å². The Balaban J connectivity index is 1.61. The fourth-order valence-corrected chi connectivity index (χ4v) is 4.15. The van der Waals surface area contributed by atoms with Crippen LogP contribution < -0.4 is 10.6 Å². The van der Waals surface area contributed by atoms with Gasteiger partial charge in [-0.2, -0.15) is 0 Å². The summed E-state index contributed by atoms with van der Waals surface area (Å²) in [5.41, 5.74) is 7.08. The minimum absolute atomic E-state index is 0.0608. The number of piperidine rings is 1. The number of aliphatic hydroxyl groups excluding tert-OH is 1. The molecule has 1 heterocycles. The van der Waals surface area contributed by atoms with Crippen molar-refractivity contribution in [1.29, 1.82) is 0 Å². The van der Waals surface area contributed by atoms with Crippen molar-refractivity contribution in [2.75, 3.05) is 30.3 Å². The van der Waals surface area contributed by atoms with Crippen LogP contribution in [0.1, 0.15) is 19.3 Å². The van der Waals surface area contributed by atoms with Crippen LogP contribution in [0, 0.1) is 16.0 Å². The zero-order chi connectivity index (χ0) is 18.5. The van der Waals surface area contributed by atoms with E-state index in [1.165, 1.54) is 23.5 Å². The SMILES string of the molecule is Nc1cc(Sc2ccc(N3CCC(CCO)CC3)cc2)ccc1[N+](=O)[O-]. The molecule has 26 heavy (non-hydrogen) atoms. The smallest absolute Gasteiger partial charge is 0.292 e. The Hall–Kier alpha value is -2.25. The highest BCUT2D eigenvalue weighted by molar-refractivity contribution is 7.99. The summed E-state index contributed by atoms with van der Waals surface area (Å²) < 4.78 is 0. The Bertz CT molecular complexity index is 759. The number of nitro groups is 1. The molecule has 1 fully saturated rings. The molecule has 0 radical (unpaired) electrons. The van der Waals surface area contributed by atoms with Gasteiger partial charge in [0.15, 0.2) is 0 Å². The van der Waals surface area contributed by atoms with Crippen LogP contribution in [0.2, 0.25) is 0 Å². The largest absolute Gasteiger partial charge is 0.396 e. The Morgan fingerprint density at radius 1 is 1.15 bits per heavy atom. The average Bonchev–Trinajstić information content (AvgIpc) is 2.63. The Morgan fingerprint density at radius 3 is 2.38 bits per heavy atom. The van der Waals surface area contributed by atoms with Crippen molar-refractivity contribution in [2.45, 2.75) is 29.1 Å². The molecule has 138 valence electrons. The lowest BCUT2D eigenvalue weighted by atomic mass is 9.93. The monoisotopic (exact) mass is 373 g/mol. The molecule has 0 bridgehead atoms. The van der Waals surface area contributed by atoms with Crippen molar-refractivity contribution in [3.8, 4) is 0 Å². The second-order valence-corrected chi connectivity index (χ2v) is 7.66. The average molecular weight is 373 g/mol. The van der Waals surface area contributed by atoms with E-state index < -0.39 is 4.92 Å². The molecule has 0 aromatic heterocycles. The maximum absolute atomic E-state index is 10.8. The summed E-state index contributed by atoms with van der Waals surface area (Å²) >= 11 is 1.54. The van der Waals surface area contributed by atoms with Crippen molar-refractivity contribution in [2.24, 2.45) is 5.92 Å². The van der Waals surface area contributed by atoms with Crippen molar-refractivity contribution in [3.63, 3.8) is 0 Å². The number of anilines is 2. The number of nitrogens with zero attached hydrogens (tertiary/aromatic N) is 2. The van der Waals surface area contributed by atoms with Crippen LogP contribution in [-0.4, -0.2) is 29.7 Å². The Morgan fingerprint density at radius 2 is 1.81 bits per heavy atom. The topological polar surface area (TPSA) is 92.6 Å². The van der Waals surface area contributed by atoms with Gasteiger partial charge in [0.05, 0.1) is 4.92 Å². The molecule has 0 amide bonds. The maximum atomic E-state index is 10.8. The second-order valence-electron chi connectivity index (χ2n) is 6.52. The van der Waals surface area contributed by atoms with Crippen LogP contribution in [0.3, 0.4) is 0 Å². The molecular weight excluding hydrogens is 350 g/mol. The first-order valence-corrected chi connectivity index (χ1v) is 9.56. The molecule has 0 spiro atoms. The van der Waals surface area contributed by atoms with Gasteiger partial charge in [-0.05, 0) is 61.6 Å². The van der Waals surface area contributed by atoms with Gasteiger partial charge in [0.25, 0.3) is 5.69 Å². The van der Waals surface area contributed by atoms with Crippen molar-refractivity contribution >= 4 is 28.8 Å². The summed E-state index contributed by atoms with van der Waals surface area (Å²) in [6, 6.07) is 13.2. The van der Waals surface area contributed by atoms with E-state index in [9.17, 15) is 10.1 Å². The third kappa shape index (κ3) is 4.47. The van der Waals surface area contributed by atoms with E-state index in [2.05, 4.69) is 29.2 Å². The third-order valence-corrected chi connectivity index (χ3v) is 5.78. The molecule has 7 heteroatoms. The predicted molar refractivity (Wildman–Crippen MR) is 105 cm³/mol. The fourth-order valence-electron chi connectivity index (χ4n) is 3.29. The molecule has 0 saturated carbocycles. The molecule has 3 N–H and O–H groups in total. The third-order valence-electron chi connectivity index (χ3n) is 4.79. The maximum Gasteiger partial charge on any atom is 0.292 e. The number of nitrogens with two attached hydrogens (primary N) is 1. The summed E-state index contributed by atoms with van der Waals surface area (Å²) in [4.78, 5) is 14.7. The molecule has 2 aromatic carbocycles. The fraction of sp³-hybridized carbons (Fsp3) is 0.368. The number of benzene rings is 2. The number of hydrogen-bond donors (Lipinski definition) is 2. The number of aliphatic hydroxyl groups is 1. The molecule has 2 aromatic rings. The first-order chi connectivity index (χ1) is 12.6. The van der Waals surface area contributed by atoms with Gasteiger partial charge >= 0.3 is 0 Å². The number of nitro benzene ring substituents is 1. The van der Waals surface area contributed by atoms with Gasteiger partial charge in [-0.25, -0.2) is 0 Å². The Kier molecular flexibility index (Phi) is 6.00. The van der Waals surface area contributed by atoms with Gasteiger partial charge in [-0.15, -0.1) is 0 Å². The van der Waals surface area contributed by atoms with Gasteiger partial charge in [-0.3, -0.25) is 10.1 Å². The molecule has 0 unspecified atom stereocenters. The summed E-state index contributed by atoms with van der Waals surface area (Å²) in [7, 11) is 0. The minimum Gasteiger partial charge on any atom is -0.396 e. The quantitative estimate of drug-likeness (QED) is 0.453. The number of rotatable bonds is 6. The van der Waals surface area contributed by atoms with Crippen LogP contribution in [0.25, 0.3) is 0 Å². The van der Waals surface area contributed by atoms with E-state index in [0.717, 1.165) is 42.1 Å². The normalized spacial score (nSPS) is 15.2. The molecule has 1 saturated heterocycles. The van der Waals surface area contributed by atoms with Crippen LogP contribution in [0.5, 0.6) is 0 Å². The van der Waals surface area contributed by atoms with E-state index in [1.807, 2.05) is 0 Å². The van der Waals surface area contributed by atoms with Crippen LogP contribution in [-0.2, 0) is 0 Å². The summed E-state index contributed by atoms with van der Waals surface area (Å²) in [5.74, 6) is 0.638. The zero-order valence-electron chi connectivity index (χ0n) is 14.5. The van der Waals surface area contributed by atoms with Crippen LogP contribution in [0.4, 0.5) is 17.1 Å². The Labute approximate surface area is 157 Å². The molecule has 0 aliphatic carbocycles. The first kappa shape index (κ1) is 18.5. The molecule has 6 nitrogen and oxygen atoms in total. The lowest BCUT2D eigenvalue weighted by molar-refractivity contribution is -0.383. The highest BCUT2D eigenvalue weighted by Crippen LogP contribution is 2.34.